The van der Waals surface area contributed by atoms with E-state index in [0.717, 1.165) is 0 Å². The molecule has 0 unspecified atom stereocenters. The number of hydrogen-bond acceptors (Lipinski definition) is 3. The lowest BCUT2D eigenvalue weighted by Crippen LogP contribution is -2.39. The molecule has 0 saturated heterocycles. The zero-order valence-electron chi connectivity index (χ0n) is 11.9. The fraction of sp³-hybridized carbons (Fsp3) is 0.429. The summed E-state index contributed by atoms with van der Waals surface area (Å²) in [6.45, 7) is 5.66. The van der Waals surface area contributed by atoms with Crippen LogP contribution in [0.3, 0.4) is 0 Å². The van der Waals surface area contributed by atoms with E-state index < -0.39 is 5.82 Å². The number of halogens is 1. The Morgan fingerprint density at radius 1 is 1.50 bits per heavy atom. The van der Waals surface area contributed by atoms with Gasteiger partial charge in [0.25, 0.3) is 5.91 Å². The molecule has 6 heteroatoms. The Morgan fingerprint density at radius 3 is 2.65 bits per heavy atom. The molecule has 0 spiro atoms. The number of hydrogen-bond donors (Lipinski definition) is 2. The zero-order chi connectivity index (χ0) is 15.3. The predicted molar refractivity (Wildman–Crippen MR) is 75.3 cm³/mol. The van der Waals surface area contributed by atoms with Crippen LogP contribution in [0.4, 0.5) is 4.39 Å². The lowest BCUT2D eigenvalue weighted by molar-refractivity contribution is 0.0710. The van der Waals surface area contributed by atoms with Gasteiger partial charge in [0, 0.05) is 24.6 Å². The van der Waals surface area contributed by atoms with Gasteiger partial charge in [-0.3, -0.25) is 4.79 Å². The first-order valence-corrected chi connectivity index (χ1v) is 6.40. The lowest BCUT2D eigenvalue weighted by atomic mass is 10.1. The van der Waals surface area contributed by atoms with Crippen LogP contribution in [-0.4, -0.2) is 34.4 Å². The summed E-state index contributed by atoms with van der Waals surface area (Å²) in [7, 11) is 0. The van der Waals surface area contributed by atoms with Gasteiger partial charge in [-0.15, -0.1) is 0 Å². The number of carbonyl (C=O) groups is 1. The summed E-state index contributed by atoms with van der Waals surface area (Å²) < 4.78 is 13.5. The second-order valence-corrected chi connectivity index (χ2v) is 4.90. The minimum Gasteiger partial charge on any atom is -0.409 e. The minimum absolute atomic E-state index is 0.0542. The van der Waals surface area contributed by atoms with Crippen molar-refractivity contribution >= 4 is 11.7 Å². The molecule has 0 bridgehead atoms. The molecule has 0 atom stereocenters. The van der Waals surface area contributed by atoms with Crippen LogP contribution in [0.1, 0.15) is 36.2 Å². The SMILES string of the molecule is Cc1ccc(C(=O)N(CCC(N)=NO)C(C)C)cc1F. The van der Waals surface area contributed by atoms with E-state index >= 15 is 0 Å². The van der Waals surface area contributed by atoms with Crippen LogP contribution in [0, 0.1) is 12.7 Å². The van der Waals surface area contributed by atoms with E-state index in [1.165, 1.54) is 6.07 Å². The molecular formula is C14H20FN3O2. The third-order valence-corrected chi connectivity index (χ3v) is 3.04. The summed E-state index contributed by atoms with van der Waals surface area (Å²) in [5, 5.41) is 11.4. The summed E-state index contributed by atoms with van der Waals surface area (Å²) in [6, 6.07) is 4.33. The maximum atomic E-state index is 13.5. The van der Waals surface area contributed by atoms with Gasteiger partial charge in [-0.25, -0.2) is 4.39 Å². The van der Waals surface area contributed by atoms with Crippen molar-refractivity contribution in [3.05, 3.63) is 35.1 Å². The van der Waals surface area contributed by atoms with Crippen LogP contribution in [0.15, 0.2) is 23.4 Å². The molecule has 1 aromatic carbocycles. The molecule has 0 aliphatic carbocycles. The third kappa shape index (κ3) is 3.94. The molecule has 5 nitrogen and oxygen atoms in total. The molecule has 0 saturated carbocycles. The number of nitrogens with zero attached hydrogens (tertiary/aromatic N) is 2. The fourth-order valence-electron chi connectivity index (χ4n) is 1.77. The minimum atomic E-state index is -0.406. The smallest absolute Gasteiger partial charge is 0.254 e. The van der Waals surface area contributed by atoms with Crippen LogP contribution in [0.2, 0.25) is 0 Å². The van der Waals surface area contributed by atoms with Gasteiger partial charge in [0.1, 0.15) is 11.7 Å². The highest BCUT2D eigenvalue weighted by molar-refractivity contribution is 5.94. The Morgan fingerprint density at radius 2 is 2.15 bits per heavy atom. The zero-order valence-corrected chi connectivity index (χ0v) is 11.9. The highest BCUT2D eigenvalue weighted by Crippen LogP contribution is 2.13. The van der Waals surface area contributed by atoms with Crippen LogP contribution in [0.5, 0.6) is 0 Å². The van der Waals surface area contributed by atoms with Gasteiger partial charge in [-0.2, -0.15) is 0 Å². The second-order valence-electron chi connectivity index (χ2n) is 4.90. The summed E-state index contributed by atoms with van der Waals surface area (Å²) in [4.78, 5) is 13.9. The van der Waals surface area contributed by atoms with Crippen LogP contribution < -0.4 is 5.73 Å². The molecule has 20 heavy (non-hydrogen) atoms. The molecule has 0 radical (unpaired) electrons. The number of nitrogens with two attached hydrogens (primary N) is 1. The Kier molecular flexibility index (Phi) is 5.49. The topological polar surface area (TPSA) is 78.9 Å². The van der Waals surface area contributed by atoms with Gasteiger partial charge in [0.2, 0.25) is 0 Å². The molecule has 1 amide bonds. The van der Waals surface area contributed by atoms with Gasteiger partial charge in [0.15, 0.2) is 0 Å². The summed E-state index contributed by atoms with van der Waals surface area (Å²) in [6.07, 6.45) is 0.259. The molecule has 1 rings (SSSR count). The van der Waals surface area contributed by atoms with Crippen LogP contribution >= 0.6 is 0 Å². The van der Waals surface area contributed by atoms with Crippen molar-refractivity contribution < 1.29 is 14.4 Å². The van der Waals surface area contributed by atoms with Crippen LogP contribution in [0.25, 0.3) is 0 Å². The van der Waals surface area contributed by atoms with Crippen molar-refractivity contribution in [2.24, 2.45) is 10.9 Å². The average molecular weight is 281 g/mol. The predicted octanol–water partition coefficient (Wildman–Crippen LogP) is 2.12. The quantitative estimate of drug-likeness (QED) is 0.375. The molecule has 0 aromatic heterocycles. The van der Waals surface area contributed by atoms with E-state index in [0.29, 0.717) is 17.7 Å². The molecule has 110 valence electrons. The standard InChI is InChI=1S/C14H20FN3O2/c1-9(2)18(7-6-13(16)17-20)14(19)11-5-4-10(3)12(15)8-11/h4-5,8-9,20H,6-7H2,1-3H3,(H2,16,17). The first kappa shape index (κ1) is 15.9. The van der Waals surface area contributed by atoms with Crippen molar-refractivity contribution in [1.82, 2.24) is 4.90 Å². The van der Waals surface area contributed by atoms with Crippen molar-refractivity contribution in [2.75, 3.05) is 6.54 Å². The first-order chi connectivity index (χ1) is 9.36. The number of aryl methyl sites for hydroxylation is 1. The van der Waals surface area contributed by atoms with Gasteiger partial charge >= 0.3 is 0 Å². The van der Waals surface area contributed by atoms with E-state index in [9.17, 15) is 9.18 Å². The number of carbonyl (C=O) groups excluding carboxylic acids is 1. The van der Waals surface area contributed by atoms with E-state index in [2.05, 4.69) is 5.16 Å². The Balaban J connectivity index is 2.90. The second kappa shape index (κ2) is 6.88. The molecule has 0 aliphatic rings. The Hall–Kier alpha value is -2.11. The number of rotatable bonds is 5. The first-order valence-electron chi connectivity index (χ1n) is 6.40. The molecule has 0 aliphatic heterocycles. The van der Waals surface area contributed by atoms with Crippen molar-refractivity contribution in [3.63, 3.8) is 0 Å². The van der Waals surface area contributed by atoms with Crippen molar-refractivity contribution in [3.8, 4) is 0 Å². The van der Waals surface area contributed by atoms with Gasteiger partial charge in [-0.1, -0.05) is 11.2 Å². The lowest BCUT2D eigenvalue weighted by Gasteiger charge is -2.26. The molecule has 0 fully saturated rings. The molecule has 0 heterocycles. The average Bonchev–Trinajstić information content (AvgIpc) is 2.41. The van der Waals surface area contributed by atoms with Gasteiger partial charge < -0.3 is 15.8 Å². The molecular weight excluding hydrogens is 261 g/mol. The van der Waals surface area contributed by atoms with Gasteiger partial charge in [-0.05, 0) is 38.5 Å². The monoisotopic (exact) mass is 281 g/mol. The number of benzene rings is 1. The highest BCUT2D eigenvalue weighted by Gasteiger charge is 2.19. The van der Waals surface area contributed by atoms with Gasteiger partial charge in [0.05, 0.1) is 0 Å². The maximum Gasteiger partial charge on any atom is 0.254 e. The third-order valence-electron chi connectivity index (χ3n) is 3.04. The van der Waals surface area contributed by atoms with E-state index in [1.54, 1.807) is 24.0 Å². The Labute approximate surface area is 117 Å². The number of amides is 1. The molecule has 3 N–H and O–H groups in total. The van der Waals surface area contributed by atoms with Crippen LogP contribution in [-0.2, 0) is 0 Å². The summed E-state index contributed by atoms with van der Waals surface area (Å²) in [5.74, 6) is -0.626. The maximum absolute atomic E-state index is 13.5. The summed E-state index contributed by atoms with van der Waals surface area (Å²) >= 11 is 0. The largest absolute Gasteiger partial charge is 0.409 e. The molecule has 1 aromatic rings. The van der Waals surface area contributed by atoms with E-state index in [-0.39, 0.29) is 24.2 Å². The van der Waals surface area contributed by atoms with Crippen molar-refractivity contribution in [1.29, 1.82) is 0 Å². The normalized spacial score (nSPS) is 11.8. The number of amidine groups is 1. The fourth-order valence-corrected chi connectivity index (χ4v) is 1.77. The number of oxime groups is 1. The Bertz CT molecular complexity index is 515. The summed E-state index contributed by atoms with van der Waals surface area (Å²) in [5.41, 5.74) is 6.19. The van der Waals surface area contributed by atoms with Crippen molar-refractivity contribution in [2.45, 2.75) is 33.2 Å². The van der Waals surface area contributed by atoms with E-state index in [1.807, 2.05) is 13.8 Å². The van der Waals surface area contributed by atoms with E-state index in [4.69, 9.17) is 10.9 Å². The highest BCUT2D eigenvalue weighted by atomic mass is 19.1.